The molecule has 2 aromatic carbocycles. The van der Waals surface area contributed by atoms with Crippen molar-refractivity contribution < 1.29 is 9.53 Å². The Morgan fingerprint density at radius 1 is 1.08 bits per heavy atom. The van der Waals surface area contributed by atoms with E-state index in [9.17, 15) is 4.79 Å². The molecule has 2 rings (SSSR count). The highest BCUT2D eigenvalue weighted by molar-refractivity contribution is 5.99. The third-order valence-corrected chi connectivity index (χ3v) is 4.42. The summed E-state index contributed by atoms with van der Waals surface area (Å²) in [7, 11) is 0. The van der Waals surface area contributed by atoms with Gasteiger partial charge in [0.25, 0.3) is 5.91 Å². The lowest BCUT2D eigenvalue weighted by molar-refractivity contribution is -0.123. The first-order chi connectivity index (χ1) is 12.3. The molecule has 1 amide bonds. The van der Waals surface area contributed by atoms with Crippen LogP contribution in [0.25, 0.3) is 0 Å². The Kier molecular flexibility index (Phi) is 6.56. The number of nitrogens with one attached hydrogen (secondary N) is 1. The van der Waals surface area contributed by atoms with Crippen LogP contribution in [0.3, 0.4) is 0 Å². The van der Waals surface area contributed by atoms with Gasteiger partial charge in [0.15, 0.2) is 6.61 Å². The number of carbonyl (C=O) groups excluding carboxylic acids is 1. The number of ether oxygens (including phenoxy) is 1. The number of amides is 1. The van der Waals surface area contributed by atoms with E-state index < -0.39 is 0 Å². The van der Waals surface area contributed by atoms with Gasteiger partial charge in [-0.25, -0.2) is 5.43 Å². The highest BCUT2D eigenvalue weighted by Crippen LogP contribution is 2.27. The van der Waals surface area contributed by atoms with Crippen molar-refractivity contribution in [2.75, 3.05) is 6.61 Å². The van der Waals surface area contributed by atoms with E-state index in [1.54, 1.807) is 0 Å². The summed E-state index contributed by atoms with van der Waals surface area (Å²) < 4.78 is 5.73. The molecule has 4 nitrogen and oxygen atoms in total. The topological polar surface area (TPSA) is 50.7 Å². The van der Waals surface area contributed by atoms with E-state index in [0.717, 1.165) is 28.2 Å². The molecule has 0 aliphatic rings. The Morgan fingerprint density at radius 3 is 2.46 bits per heavy atom. The van der Waals surface area contributed by atoms with E-state index in [0.29, 0.717) is 5.92 Å². The molecular formula is C22H28N2O2. The minimum absolute atomic E-state index is 0.0626. The number of nitrogens with zero attached hydrogens (tertiary/aromatic N) is 1. The fourth-order valence-electron chi connectivity index (χ4n) is 2.60. The summed E-state index contributed by atoms with van der Waals surface area (Å²) in [6.45, 7) is 12.2. The second kappa shape index (κ2) is 8.65. The van der Waals surface area contributed by atoms with Crippen LogP contribution in [0.1, 0.15) is 54.5 Å². The Morgan fingerprint density at radius 2 is 1.81 bits per heavy atom. The number of rotatable bonds is 6. The third-order valence-electron chi connectivity index (χ3n) is 4.42. The largest absolute Gasteiger partial charge is 0.483 e. The molecule has 2 aromatic rings. The Labute approximate surface area is 156 Å². The van der Waals surface area contributed by atoms with E-state index in [4.69, 9.17) is 4.74 Å². The van der Waals surface area contributed by atoms with Crippen LogP contribution in [-0.2, 0) is 4.79 Å². The molecule has 0 saturated carbocycles. The van der Waals surface area contributed by atoms with Crippen molar-refractivity contribution >= 4 is 11.6 Å². The smallest absolute Gasteiger partial charge is 0.277 e. The van der Waals surface area contributed by atoms with Crippen molar-refractivity contribution in [1.29, 1.82) is 0 Å². The van der Waals surface area contributed by atoms with Crippen molar-refractivity contribution in [1.82, 2.24) is 5.43 Å². The molecule has 0 spiro atoms. The minimum atomic E-state index is -0.274. The number of hydrogen-bond acceptors (Lipinski definition) is 3. The maximum Gasteiger partial charge on any atom is 0.277 e. The predicted octanol–water partition coefficient (Wildman–Crippen LogP) is 4.65. The summed E-state index contributed by atoms with van der Waals surface area (Å²) in [4.78, 5) is 12.1. The molecule has 0 radical (unpaired) electrons. The zero-order chi connectivity index (χ0) is 19.3. The minimum Gasteiger partial charge on any atom is -0.483 e. The zero-order valence-electron chi connectivity index (χ0n) is 16.5. The first-order valence-corrected chi connectivity index (χ1v) is 8.92. The Bertz CT molecular complexity index is 823. The number of aryl methyl sites for hydroxylation is 3. The number of hydrazone groups is 1. The molecule has 0 atom stereocenters. The van der Waals surface area contributed by atoms with Gasteiger partial charge in [-0.05, 0) is 73.6 Å². The van der Waals surface area contributed by atoms with Crippen molar-refractivity contribution in [2.45, 2.75) is 47.5 Å². The number of benzene rings is 2. The summed E-state index contributed by atoms with van der Waals surface area (Å²) in [5.74, 6) is 0.813. The van der Waals surface area contributed by atoms with Crippen molar-refractivity contribution in [2.24, 2.45) is 5.10 Å². The van der Waals surface area contributed by atoms with Crippen LogP contribution in [0.4, 0.5) is 0 Å². The molecule has 0 saturated heterocycles. The van der Waals surface area contributed by atoms with Crippen LogP contribution >= 0.6 is 0 Å². The summed E-state index contributed by atoms with van der Waals surface area (Å²) in [5.41, 5.74) is 8.97. The van der Waals surface area contributed by atoms with Crippen LogP contribution in [0.2, 0.25) is 0 Å². The van der Waals surface area contributed by atoms with E-state index in [1.165, 1.54) is 11.1 Å². The normalized spacial score (nSPS) is 11.6. The lowest BCUT2D eigenvalue weighted by Gasteiger charge is -2.14. The average Bonchev–Trinajstić information content (AvgIpc) is 2.59. The summed E-state index contributed by atoms with van der Waals surface area (Å²) in [6.07, 6.45) is 0. The molecular weight excluding hydrogens is 324 g/mol. The summed E-state index contributed by atoms with van der Waals surface area (Å²) in [5, 5.41) is 4.19. The van der Waals surface area contributed by atoms with E-state index in [2.05, 4.69) is 62.5 Å². The fourth-order valence-corrected chi connectivity index (χ4v) is 2.60. The summed E-state index contributed by atoms with van der Waals surface area (Å²) in [6, 6.07) is 12.2. The SMILES string of the molecule is C/C(=N/NC(=O)COc1cc(C)ccc1C(C)C)c1ccc(C)c(C)c1. The van der Waals surface area contributed by atoms with Crippen molar-refractivity contribution in [3.05, 3.63) is 64.2 Å². The van der Waals surface area contributed by atoms with Crippen LogP contribution < -0.4 is 10.2 Å². The van der Waals surface area contributed by atoms with E-state index in [-0.39, 0.29) is 12.5 Å². The monoisotopic (exact) mass is 352 g/mol. The quantitative estimate of drug-likeness (QED) is 0.607. The number of carbonyl (C=O) groups is 1. The highest BCUT2D eigenvalue weighted by Gasteiger charge is 2.10. The van der Waals surface area contributed by atoms with Crippen molar-refractivity contribution in [3.8, 4) is 5.75 Å². The van der Waals surface area contributed by atoms with Gasteiger partial charge in [0.05, 0.1) is 5.71 Å². The van der Waals surface area contributed by atoms with Gasteiger partial charge >= 0.3 is 0 Å². The molecule has 0 aliphatic heterocycles. The lowest BCUT2D eigenvalue weighted by atomic mass is 10.0. The van der Waals surface area contributed by atoms with Crippen molar-refractivity contribution in [3.63, 3.8) is 0 Å². The first kappa shape index (κ1) is 19.7. The number of hydrogen-bond donors (Lipinski definition) is 1. The van der Waals surface area contributed by atoms with Gasteiger partial charge in [-0.15, -0.1) is 0 Å². The van der Waals surface area contributed by atoms with Gasteiger partial charge < -0.3 is 4.74 Å². The third kappa shape index (κ3) is 5.19. The van der Waals surface area contributed by atoms with Gasteiger partial charge in [-0.3, -0.25) is 4.79 Å². The van der Waals surface area contributed by atoms with Crippen LogP contribution in [0.15, 0.2) is 41.5 Å². The molecule has 0 aromatic heterocycles. The molecule has 0 aliphatic carbocycles. The summed E-state index contributed by atoms with van der Waals surface area (Å²) >= 11 is 0. The average molecular weight is 352 g/mol. The molecule has 4 heteroatoms. The Balaban J connectivity index is 1.99. The van der Waals surface area contributed by atoms with Gasteiger partial charge in [0.2, 0.25) is 0 Å². The van der Waals surface area contributed by atoms with Crippen LogP contribution in [-0.4, -0.2) is 18.2 Å². The Hall–Kier alpha value is -2.62. The zero-order valence-corrected chi connectivity index (χ0v) is 16.5. The lowest BCUT2D eigenvalue weighted by Crippen LogP contribution is -2.26. The van der Waals surface area contributed by atoms with E-state index >= 15 is 0 Å². The second-order valence-corrected chi connectivity index (χ2v) is 7.02. The maximum absolute atomic E-state index is 12.1. The molecule has 138 valence electrons. The fraction of sp³-hybridized carbons (Fsp3) is 0.364. The molecule has 0 bridgehead atoms. The van der Waals surface area contributed by atoms with Gasteiger partial charge in [-0.2, -0.15) is 5.10 Å². The van der Waals surface area contributed by atoms with Gasteiger partial charge in [-0.1, -0.05) is 38.1 Å². The van der Waals surface area contributed by atoms with Gasteiger partial charge in [0, 0.05) is 0 Å². The predicted molar refractivity (Wildman–Crippen MR) is 107 cm³/mol. The standard InChI is InChI=1S/C22H28N2O2/c1-14(2)20-10-7-15(3)11-21(20)26-13-22(25)24-23-18(6)19-9-8-16(4)17(5)12-19/h7-12,14H,13H2,1-6H3,(H,24,25)/b23-18-. The molecule has 26 heavy (non-hydrogen) atoms. The van der Waals surface area contributed by atoms with Crippen LogP contribution in [0.5, 0.6) is 5.75 Å². The molecule has 1 N–H and O–H groups in total. The first-order valence-electron chi connectivity index (χ1n) is 8.92. The van der Waals surface area contributed by atoms with E-state index in [1.807, 2.05) is 26.0 Å². The maximum atomic E-state index is 12.1. The molecule has 0 heterocycles. The van der Waals surface area contributed by atoms with Crippen LogP contribution in [0, 0.1) is 20.8 Å². The van der Waals surface area contributed by atoms with Gasteiger partial charge in [0.1, 0.15) is 5.75 Å². The molecule has 0 unspecified atom stereocenters. The highest BCUT2D eigenvalue weighted by atomic mass is 16.5. The molecule has 0 fully saturated rings. The second-order valence-electron chi connectivity index (χ2n) is 7.02.